The summed E-state index contributed by atoms with van der Waals surface area (Å²) in [4.78, 5) is 20.1. The first-order valence-corrected chi connectivity index (χ1v) is 8.61. The zero-order chi connectivity index (χ0) is 19.3. The Bertz CT molecular complexity index is 1240. The van der Waals surface area contributed by atoms with E-state index in [2.05, 4.69) is 15.3 Å². The van der Waals surface area contributed by atoms with Crippen LogP contribution in [0.2, 0.25) is 0 Å². The minimum Gasteiger partial charge on any atom is -0.478 e. The number of benzene rings is 2. The van der Waals surface area contributed by atoms with Gasteiger partial charge in [-0.3, -0.25) is 9.88 Å². The van der Waals surface area contributed by atoms with Crippen molar-refractivity contribution in [2.45, 2.75) is 6.17 Å². The molecule has 5 rings (SSSR count). The summed E-state index contributed by atoms with van der Waals surface area (Å²) in [7, 11) is 0. The van der Waals surface area contributed by atoms with Gasteiger partial charge in [-0.05, 0) is 36.4 Å². The molecular formula is C20H15N5O3. The molecule has 0 bridgehead atoms. The van der Waals surface area contributed by atoms with E-state index in [1.54, 1.807) is 24.3 Å². The number of hydrogen-bond acceptors (Lipinski definition) is 6. The molecule has 2 aromatic heterocycles. The molecule has 4 aromatic rings. The van der Waals surface area contributed by atoms with Crippen LogP contribution in [0.5, 0.6) is 0 Å². The van der Waals surface area contributed by atoms with Gasteiger partial charge in [0.25, 0.3) is 0 Å². The van der Waals surface area contributed by atoms with E-state index in [1.165, 1.54) is 0 Å². The number of carboxylic acids is 1. The first kappa shape index (κ1) is 16.1. The summed E-state index contributed by atoms with van der Waals surface area (Å²) in [5.74, 6) is 1.11. The predicted octanol–water partition coefficient (Wildman–Crippen LogP) is 3.28. The van der Waals surface area contributed by atoms with E-state index in [-0.39, 0.29) is 11.5 Å². The maximum Gasteiger partial charge on any atom is 0.335 e. The number of fused-ring (bicyclic) bond motifs is 3. The molecule has 0 saturated carbocycles. The number of nitrogens with one attached hydrogen (secondary N) is 1. The first-order valence-electron chi connectivity index (χ1n) is 8.61. The molecule has 1 aliphatic rings. The lowest BCUT2D eigenvalue weighted by molar-refractivity contribution is 0.0697. The number of anilines is 1. The fourth-order valence-corrected chi connectivity index (χ4v) is 3.33. The van der Waals surface area contributed by atoms with Crippen LogP contribution < -0.4 is 11.1 Å². The van der Waals surface area contributed by atoms with Crippen LogP contribution in [0.3, 0.4) is 0 Å². The van der Waals surface area contributed by atoms with Gasteiger partial charge in [0.05, 0.1) is 16.6 Å². The van der Waals surface area contributed by atoms with Crippen LogP contribution in [0.15, 0.2) is 70.1 Å². The second-order valence-electron chi connectivity index (χ2n) is 6.39. The van der Waals surface area contributed by atoms with Crippen LogP contribution in [-0.2, 0) is 0 Å². The maximum atomic E-state index is 11.0. The highest BCUT2D eigenvalue weighted by Crippen LogP contribution is 2.34. The molecule has 8 nitrogen and oxygen atoms in total. The highest BCUT2D eigenvalue weighted by atomic mass is 16.4. The second-order valence-corrected chi connectivity index (χ2v) is 6.39. The van der Waals surface area contributed by atoms with Gasteiger partial charge in [-0.15, -0.1) is 0 Å². The average molecular weight is 373 g/mol. The summed E-state index contributed by atoms with van der Waals surface area (Å²) in [5.41, 5.74) is 8.69. The van der Waals surface area contributed by atoms with Crippen molar-refractivity contribution in [3.05, 3.63) is 72.0 Å². The fourth-order valence-electron chi connectivity index (χ4n) is 3.33. The third kappa shape index (κ3) is 2.50. The Kier molecular flexibility index (Phi) is 3.45. The molecular weight excluding hydrogens is 358 g/mol. The molecule has 0 fully saturated rings. The second kappa shape index (κ2) is 5.98. The van der Waals surface area contributed by atoms with E-state index >= 15 is 0 Å². The minimum absolute atomic E-state index is 0.223. The zero-order valence-electron chi connectivity index (χ0n) is 14.5. The van der Waals surface area contributed by atoms with Gasteiger partial charge in [0, 0.05) is 5.56 Å². The Morgan fingerprint density at radius 3 is 2.68 bits per heavy atom. The molecule has 1 atom stereocenters. The van der Waals surface area contributed by atoms with E-state index < -0.39 is 12.1 Å². The van der Waals surface area contributed by atoms with Crippen molar-refractivity contribution in [2.75, 3.05) is 5.32 Å². The monoisotopic (exact) mass is 373 g/mol. The quantitative estimate of drug-likeness (QED) is 0.507. The highest BCUT2D eigenvalue weighted by Gasteiger charge is 2.27. The summed E-state index contributed by atoms with van der Waals surface area (Å²) in [6, 6.07) is 17.9. The van der Waals surface area contributed by atoms with Crippen molar-refractivity contribution in [3.63, 3.8) is 0 Å². The molecule has 0 aliphatic carbocycles. The van der Waals surface area contributed by atoms with Crippen molar-refractivity contribution in [1.29, 1.82) is 0 Å². The number of nitrogens with two attached hydrogens (primary N) is 1. The number of aliphatic imine (C=N–C) groups is 1. The summed E-state index contributed by atoms with van der Waals surface area (Å²) < 4.78 is 7.98. The number of guanidine groups is 1. The molecule has 0 saturated heterocycles. The van der Waals surface area contributed by atoms with Gasteiger partial charge in [0.15, 0.2) is 12.1 Å². The lowest BCUT2D eigenvalue weighted by Crippen LogP contribution is -2.31. The van der Waals surface area contributed by atoms with Gasteiger partial charge in [0.1, 0.15) is 11.5 Å². The van der Waals surface area contributed by atoms with Crippen molar-refractivity contribution >= 4 is 28.9 Å². The summed E-state index contributed by atoms with van der Waals surface area (Å²) in [5, 5.41) is 12.0. The van der Waals surface area contributed by atoms with E-state index in [0.717, 1.165) is 16.6 Å². The van der Waals surface area contributed by atoms with Crippen LogP contribution >= 0.6 is 0 Å². The molecule has 138 valence electrons. The van der Waals surface area contributed by atoms with Gasteiger partial charge in [-0.25, -0.2) is 14.8 Å². The predicted molar refractivity (Wildman–Crippen MR) is 104 cm³/mol. The van der Waals surface area contributed by atoms with E-state index in [1.807, 2.05) is 41.0 Å². The molecule has 0 spiro atoms. The van der Waals surface area contributed by atoms with E-state index in [9.17, 15) is 4.79 Å². The van der Waals surface area contributed by atoms with Crippen LogP contribution in [0.1, 0.15) is 22.3 Å². The molecule has 8 heteroatoms. The molecule has 3 heterocycles. The number of nitrogens with zero attached hydrogens (tertiary/aromatic N) is 3. The SMILES string of the molecule is NC1=N[C@H](c2ccc(-c3ccc(C(=O)O)cc3)o2)n2c(nc3ccccc32)N1. The lowest BCUT2D eigenvalue weighted by atomic mass is 10.1. The third-order valence-electron chi connectivity index (χ3n) is 4.64. The average Bonchev–Trinajstić information content (AvgIpc) is 3.32. The number of rotatable bonds is 3. The van der Waals surface area contributed by atoms with Gasteiger partial charge < -0.3 is 15.3 Å². The number of furan rings is 1. The van der Waals surface area contributed by atoms with Crippen LogP contribution in [0, 0.1) is 0 Å². The number of imidazole rings is 1. The zero-order valence-corrected chi connectivity index (χ0v) is 14.5. The molecule has 2 aromatic carbocycles. The number of aromatic carboxylic acids is 1. The Labute approximate surface area is 158 Å². The Morgan fingerprint density at radius 2 is 1.89 bits per heavy atom. The van der Waals surface area contributed by atoms with Crippen LogP contribution in [-0.4, -0.2) is 26.6 Å². The molecule has 0 amide bonds. The summed E-state index contributed by atoms with van der Waals surface area (Å²) in [6.07, 6.45) is -0.490. The normalized spacial score (nSPS) is 15.7. The number of aromatic nitrogens is 2. The topological polar surface area (TPSA) is 119 Å². The van der Waals surface area contributed by atoms with E-state index in [0.29, 0.717) is 17.5 Å². The number of hydrogen-bond donors (Lipinski definition) is 3. The highest BCUT2D eigenvalue weighted by molar-refractivity contribution is 5.94. The lowest BCUT2D eigenvalue weighted by Gasteiger charge is -2.21. The fraction of sp³-hybridized carbons (Fsp3) is 0.0500. The van der Waals surface area contributed by atoms with Gasteiger partial charge in [-0.2, -0.15) is 0 Å². The smallest absolute Gasteiger partial charge is 0.335 e. The standard InChI is InChI=1S/C20H15N5O3/c21-19-23-17(25-14-4-2-1-3-13(14)22-20(25)24-19)16-10-9-15(28-16)11-5-7-12(8-6-11)18(26)27/h1-10,17H,(H,26,27)(H3,21,22,23,24)/t17-/m0/s1. The Hall–Kier alpha value is -4.07. The van der Waals surface area contributed by atoms with Crippen LogP contribution in [0.25, 0.3) is 22.4 Å². The third-order valence-corrected chi connectivity index (χ3v) is 4.64. The van der Waals surface area contributed by atoms with Crippen molar-refractivity contribution in [3.8, 4) is 11.3 Å². The molecule has 4 N–H and O–H groups in total. The van der Waals surface area contributed by atoms with Gasteiger partial charge >= 0.3 is 5.97 Å². The van der Waals surface area contributed by atoms with Crippen molar-refractivity contribution in [1.82, 2.24) is 9.55 Å². The number of carbonyl (C=O) groups is 1. The minimum atomic E-state index is -0.967. The van der Waals surface area contributed by atoms with Crippen molar-refractivity contribution < 1.29 is 14.3 Å². The summed E-state index contributed by atoms with van der Waals surface area (Å²) >= 11 is 0. The molecule has 28 heavy (non-hydrogen) atoms. The van der Waals surface area contributed by atoms with Gasteiger partial charge in [-0.1, -0.05) is 24.3 Å². The number of para-hydroxylation sites is 2. The first-order chi connectivity index (χ1) is 13.6. The van der Waals surface area contributed by atoms with Crippen LogP contribution in [0.4, 0.5) is 5.95 Å². The van der Waals surface area contributed by atoms with Gasteiger partial charge in [0.2, 0.25) is 5.95 Å². The molecule has 0 radical (unpaired) electrons. The molecule has 0 unspecified atom stereocenters. The number of carboxylic acid groups (broad SMARTS) is 1. The van der Waals surface area contributed by atoms with Crippen molar-refractivity contribution in [2.24, 2.45) is 10.7 Å². The van der Waals surface area contributed by atoms with E-state index in [4.69, 9.17) is 15.3 Å². The Balaban J connectivity index is 1.57. The Morgan fingerprint density at radius 1 is 1.11 bits per heavy atom. The maximum absolute atomic E-state index is 11.0. The largest absolute Gasteiger partial charge is 0.478 e. The molecule has 1 aliphatic heterocycles. The summed E-state index contributed by atoms with van der Waals surface area (Å²) in [6.45, 7) is 0.